The molecule has 1 aromatic carbocycles. The average molecular weight is 400 g/mol. The quantitative estimate of drug-likeness (QED) is 0.219. The standard InChI is InChI=1S/C17H20O11/c1-26-13(21)6-17(25,16(24)27-9-12(20)8-18)7-14(22)28-15(23)10-2-4-11(19)5-3-10/h2-5,12,18-20,25H,6-9H2,1H3. The van der Waals surface area contributed by atoms with E-state index in [2.05, 4.69) is 14.2 Å². The average Bonchev–Trinajstić information content (AvgIpc) is 2.65. The van der Waals surface area contributed by atoms with Gasteiger partial charge in [-0.25, -0.2) is 9.59 Å². The molecular weight excluding hydrogens is 380 g/mol. The predicted molar refractivity (Wildman–Crippen MR) is 88.8 cm³/mol. The summed E-state index contributed by atoms with van der Waals surface area (Å²) < 4.78 is 13.4. The summed E-state index contributed by atoms with van der Waals surface area (Å²) >= 11 is 0. The van der Waals surface area contributed by atoms with Crippen molar-refractivity contribution in [2.45, 2.75) is 24.5 Å². The van der Waals surface area contributed by atoms with Gasteiger partial charge in [0.2, 0.25) is 0 Å². The third-order valence-corrected chi connectivity index (χ3v) is 3.41. The largest absolute Gasteiger partial charge is 0.508 e. The van der Waals surface area contributed by atoms with Gasteiger partial charge >= 0.3 is 23.9 Å². The van der Waals surface area contributed by atoms with E-state index in [0.717, 1.165) is 7.11 Å². The molecule has 0 aliphatic carbocycles. The molecule has 0 aliphatic rings. The molecule has 0 spiro atoms. The predicted octanol–water partition coefficient (Wildman–Crippen LogP) is -1.34. The molecular formula is C17H20O11. The number of rotatable bonds is 9. The fourth-order valence-electron chi connectivity index (χ4n) is 1.91. The zero-order valence-corrected chi connectivity index (χ0v) is 14.9. The number of hydrogen-bond donors (Lipinski definition) is 4. The molecule has 154 valence electrons. The first-order valence-electron chi connectivity index (χ1n) is 7.90. The van der Waals surface area contributed by atoms with Gasteiger partial charge in [-0.15, -0.1) is 0 Å². The molecule has 0 radical (unpaired) electrons. The number of esters is 4. The van der Waals surface area contributed by atoms with Gasteiger partial charge in [0.25, 0.3) is 0 Å². The van der Waals surface area contributed by atoms with Crippen molar-refractivity contribution in [1.82, 2.24) is 0 Å². The van der Waals surface area contributed by atoms with Gasteiger partial charge in [-0.1, -0.05) is 0 Å². The molecule has 28 heavy (non-hydrogen) atoms. The Labute approximate surface area is 159 Å². The van der Waals surface area contributed by atoms with Crippen LogP contribution in [-0.2, 0) is 28.6 Å². The van der Waals surface area contributed by atoms with E-state index in [-0.39, 0.29) is 11.3 Å². The van der Waals surface area contributed by atoms with Crippen LogP contribution < -0.4 is 0 Å². The minimum absolute atomic E-state index is 0.0868. The second-order valence-electron chi connectivity index (χ2n) is 5.70. The molecule has 2 atom stereocenters. The summed E-state index contributed by atoms with van der Waals surface area (Å²) in [5.74, 6) is -5.10. The lowest BCUT2D eigenvalue weighted by Crippen LogP contribution is -2.45. The number of phenols is 1. The number of carbonyl (C=O) groups excluding carboxylic acids is 4. The van der Waals surface area contributed by atoms with Gasteiger partial charge in [-0.05, 0) is 24.3 Å². The number of aromatic hydroxyl groups is 1. The molecule has 0 aliphatic heterocycles. The van der Waals surface area contributed by atoms with Gasteiger partial charge in [0.15, 0.2) is 5.60 Å². The maximum absolute atomic E-state index is 12.1. The van der Waals surface area contributed by atoms with Crippen molar-refractivity contribution >= 4 is 23.9 Å². The van der Waals surface area contributed by atoms with E-state index in [1.165, 1.54) is 24.3 Å². The zero-order chi connectivity index (χ0) is 21.3. The third kappa shape index (κ3) is 6.95. The van der Waals surface area contributed by atoms with Gasteiger partial charge < -0.3 is 34.6 Å². The number of benzene rings is 1. The van der Waals surface area contributed by atoms with Crippen LogP contribution in [0.3, 0.4) is 0 Å². The van der Waals surface area contributed by atoms with Crippen LogP contribution in [0, 0.1) is 0 Å². The minimum atomic E-state index is -2.73. The first-order valence-corrected chi connectivity index (χ1v) is 7.90. The number of ether oxygens (including phenoxy) is 3. The van der Waals surface area contributed by atoms with Crippen molar-refractivity contribution in [1.29, 1.82) is 0 Å². The highest BCUT2D eigenvalue weighted by atomic mass is 16.6. The van der Waals surface area contributed by atoms with E-state index >= 15 is 0 Å². The summed E-state index contributed by atoms with van der Waals surface area (Å²) in [5, 5.41) is 37.5. The van der Waals surface area contributed by atoms with Crippen molar-refractivity contribution < 1.29 is 53.8 Å². The fraction of sp³-hybridized carbons (Fsp3) is 0.412. The van der Waals surface area contributed by atoms with Crippen molar-refractivity contribution in [3.05, 3.63) is 29.8 Å². The molecule has 1 rings (SSSR count). The Morgan fingerprint density at radius 2 is 1.64 bits per heavy atom. The normalized spacial score (nSPS) is 13.7. The molecule has 4 N–H and O–H groups in total. The number of aliphatic hydroxyl groups excluding tert-OH is 2. The zero-order valence-electron chi connectivity index (χ0n) is 14.9. The van der Waals surface area contributed by atoms with E-state index in [1.807, 2.05) is 0 Å². The van der Waals surface area contributed by atoms with Gasteiger partial charge in [-0.2, -0.15) is 0 Å². The van der Waals surface area contributed by atoms with Crippen LogP contribution in [0.15, 0.2) is 24.3 Å². The summed E-state index contributed by atoms with van der Waals surface area (Å²) in [6.07, 6.45) is -3.55. The van der Waals surface area contributed by atoms with Crippen LogP contribution in [0.2, 0.25) is 0 Å². The molecule has 0 bridgehead atoms. The lowest BCUT2D eigenvalue weighted by Gasteiger charge is -2.24. The maximum atomic E-state index is 12.1. The van der Waals surface area contributed by atoms with Crippen molar-refractivity contribution in [3.63, 3.8) is 0 Å². The van der Waals surface area contributed by atoms with Crippen molar-refractivity contribution in [3.8, 4) is 5.75 Å². The van der Waals surface area contributed by atoms with Crippen molar-refractivity contribution in [2.75, 3.05) is 20.3 Å². The fourth-order valence-corrected chi connectivity index (χ4v) is 1.91. The van der Waals surface area contributed by atoms with E-state index < -0.39 is 61.6 Å². The Hall–Kier alpha value is -3.02. The number of phenolic OH excluding ortho intramolecular Hbond substituents is 1. The number of aliphatic hydroxyl groups is 3. The Bertz CT molecular complexity index is 712. The number of methoxy groups -OCH3 is 1. The number of carbonyl (C=O) groups is 4. The highest BCUT2D eigenvalue weighted by molar-refractivity contribution is 5.98. The monoisotopic (exact) mass is 400 g/mol. The van der Waals surface area contributed by atoms with E-state index in [0.29, 0.717) is 0 Å². The molecule has 0 fully saturated rings. The summed E-state index contributed by atoms with van der Waals surface area (Å²) in [4.78, 5) is 47.4. The van der Waals surface area contributed by atoms with Crippen LogP contribution >= 0.6 is 0 Å². The minimum Gasteiger partial charge on any atom is -0.508 e. The Morgan fingerprint density at radius 3 is 2.18 bits per heavy atom. The maximum Gasteiger partial charge on any atom is 0.345 e. The van der Waals surface area contributed by atoms with Gasteiger partial charge in [0.05, 0.1) is 32.1 Å². The first kappa shape index (κ1) is 23.0. The summed E-state index contributed by atoms with van der Waals surface area (Å²) in [7, 11) is 0.982. The molecule has 0 amide bonds. The molecule has 0 aromatic heterocycles. The van der Waals surface area contributed by atoms with Crippen LogP contribution in [0.1, 0.15) is 23.2 Å². The number of hydrogen-bond acceptors (Lipinski definition) is 11. The highest BCUT2D eigenvalue weighted by Crippen LogP contribution is 2.20. The Balaban J connectivity index is 2.84. The first-order chi connectivity index (χ1) is 13.1. The molecule has 0 saturated carbocycles. The van der Waals surface area contributed by atoms with Crippen LogP contribution in [0.4, 0.5) is 0 Å². The van der Waals surface area contributed by atoms with Gasteiger partial charge in [-0.3, -0.25) is 9.59 Å². The molecule has 2 unspecified atom stereocenters. The van der Waals surface area contributed by atoms with Gasteiger partial charge in [0.1, 0.15) is 18.5 Å². The molecule has 11 nitrogen and oxygen atoms in total. The lowest BCUT2D eigenvalue weighted by atomic mass is 9.95. The van der Waals surface area contributed by atoms with Gasteiger partial charge in [0, 0.05) is 0 Å². The molecule has 11 heteroatoms. The molecule has 0 heterocycles. The Kier molecular flexibility index (Phi) is 8.51. The van der Waals surface area contributed by atoms with Crippen LogP contribution in [-0.4, -0.2) is 76.3 Å². The third-order valence-electron chi connectivity index (χ3n) is 3.41. The van der Waals surface area contributed by atoms with Crippen molar-refractivity contribution in [2.24, 2.45) is 0 Å². The highest BCUT2D eigenvalue weighted by Gasteiger charge is 2.44. The Morgan fingerprint density at radius 1 is 1.07 bits per heavy atom. The van der Waals surface area contributed by atoms with E-state index in [9.17, 15) is 29.4 Å². The lowest BCUT2D eigenvalue weighted by molar-refractivity contribution is -0.178. The summed E-state index contributed by atoms with van der Waals surface area (Å²) in [6.45, 7) is -1.44. The topological polar surface area (TPSA) is 177 Å². The SMILES string of the molecule is COC(=O)CC(O)(CC(=O)OC(=O)c1ccc(O)cc1)C(=O)OCC(O)CO. The summed E-state index contributed by atoms with van der Waals surface area (Å²) in [6, 6.07) is 4.71. The van der Waals surface area contributed by atoms with Crippen LogP contribution in [0.5, 0.6) is 5.75 Å². The van der Waals surface area contributed by atoms with E-state index in [1.54, 1.807) is 0 Å². The smallest absolute Gasteiger partial charge is 0.345 e. The second-order valence-corrected chi connectivity index (χ2v) is 5.70. The van der Waals surface area contributed by atoms with E-state index in [4.69, 9.17) is 10.2 Å². The van der Waals surface area contributed by atoms with Crippen LogP contribution in [0.25, 0.3) is 0 Å². The summed E-state index contributed by atoms with van der Waals surface area (Å²) in [5.41, 5.74) is -2.81. The molecule has 1 aromatic rings. The molecule has 0 saturated heterocycles. The second kappa shape index (κ2) is 10.3.